The van der Waals surface area contributed by atoms with Gasteiger partial charge in [-0.05, 0) is 36.8 Å². The highest BCUT2D eigenvalue weighted by Crippen LogP contribution is 2.14. The minimum absolute atomic E-state index is 0.189. The maximum absolute atomic E-state index is 12.7. The van der Waals surface area contributed by atoms with Crippen LogP contribution in [0, 0.1) is 5.82 Å². The lowest BCUT2D eigenvalue weighted by Gasteiger charge is -1.99. The molecule has 1 heterocycles. The third kappa shape index (κ3) is 2.97. The molecule has 0 amide bonds. The van der Waals surface area contributed by atoms with Crippen LogP contribution in [0.15, 0.2) is 40.8 Å². The van der Waals surface area contributed by atoms with E-state index in [1.165, 1.54) is 12.1 Å². The summed E-state index contributed by atoms with van der Waals surface area (Å²) in [5, 5.41) is 0. The molecule has 4 heteroatoms. The van der Waals surface area contributed by atoms with Crippen molar-refractivity contribution in [3.05, 3.63) is 59.3 Å². The van der Waals surface area contributed by atoms with E-state index >= 15 is 0 Å². The van der Waals surface area contributed by atoms with Gasteiger partial charge in [-0.2, -0.15) is 0 Å². The lowest BCUT2D eigenvalue weighted by molar-refractivity contribution is 0.0488. The summed E-state index contributed by atoms with van der Waals surface area (Å²) in [5.41, 5.74) is 0.918. The van der Waals surface area contributed by atoms with Gasteiger partial charge in [0.15, 0.2) is 0 Å². The van der Waals surface area contributed by atoms with Crippen molar-refractivity contribution < 1.29 is 18.3 Å². The van der Waals surface area contributed by atoms with E-state index in [0.29, 0.717) is 18.8 Å². The van der Waals surface area contributed by atoms with Gasteiger partial charge in [0.05, 0.1) is 6.61 Å². The first-order valence-corrected chi connectivity index (χ1v) is 5.69. The van der Waals surface area contributed by atoms with Crippen molar-refractivity contribution in [2.75, 3.05) is 6.61 Å². The third-order valence-corrected chi connectivity index (χ3v) is 2.43. The van der Waals surface area contributed by atoms with Crippen LogP contribution in [0.1, 0.15) is 28.8 Å². The second-order valence-corrected chi connectivity index (χ2v) is 3.79. The summed E-state index contributed by atoms with van der Waals surface area (Å²) in [5.74, 6) is 0.0897. The molecule has 18 heavy (non-hydrogen) atoms. The molecule has 0 saturated heterocycles. The lowest BCUT2D eigenvalue weighted by Crippen LogP contribution is -2.02. The van der Waals surface area contributed by atoms with Crippen molar-refractivity contribution in [3.63, 3.8) is 0 Å². The van der Waals surface area contributed by atoms with Crippen LogP contribution < -0.4 is 0 Å². The molecule has 0 radical (unpaired) electrons. The number of rotatable bonds is 4. The van der Waals surface area contributed by atoms with E-state index in [4.69, 9.17) is 9.15 Å². The Balaban J connectivity index is 2.06. The SMILES string of the molecule is CCOC(=O)c1ccc(Cc2ccc(F)cc2)o1. The van der Waals surface area contributed by atoms with Gasteiger partial charge in [0.25, 0.3) is 0 Å². The van der Waals surface area contributed by atoms with E-state index in [0.717, 1.165) is 5.56 Å². The summed E-state index contributed by atoms with van der Waals surface area (Å²) in [6.45, 7) is 2.05. The summed E-state index contributed by atoms with van der Waals surface area (Å²) in [6, 6.07) is 9.45. The Morgan fingerprint density at radius 3 is 2.61 bits per heavy atom. The predicted molar refractivity (Wildman–Crippen MR) is 63.9 cm³/mol. The van der Waals surface area contributed by atoms with Gasteiger partial charge in [0.2, 0.25) is 5.76 Å². The molecule has 3 nitrogen and oxygen atoms in total. The molecule has 1 aromatic heterocycles. The van der Waals surface area contributed by atoms with Gasteiger partial charge in [-0.15, -0.1) is 0 Å². The number of hydrogen-bond acceptors (Lipinski definition) is 3. The first-order valence-electron chi connectivity index (χ1n) is 5.69. The number of furan rings is 1. The highest BCUT2D eigenvalue weighted by molar-refractivity contribution is 5.86. The van der Waals surface area contributed by atoms with Crippen molar-refractivity contribution in [2.24, 2.45) is 0 Å². The topological polar surface area (TPSA) is 39.4 Å². The van der Waals surface area contributed by atoms with Gasteiger partial charge in [-0.3, -0.25) is 0 Å². The van der Waals surface area contributed by atoms with Crippen molar-refractivity contribution in [2.45, 2.75) is 13.3 Å². The van der Waals surface area contributed by atoms with E-state index in [1.807, 2.05) is 0 Å². The van der Waals surface area contributed by atoms with Crippen LogP contribution in [0.5, 0.6) is 0 Å². The van der Waals surface area contributed by atoms with Gasteiger partial charge in [0, 0.05) is 6.42 Å². The van der Waals surface area contributed by atoms with Crippen molar-refractivity contribution in [1.82, 2.24) is 0 Å². The number of carbonyl (C=O) groups is 1. The van der Waals surface area contributed by atoms with Crippen molar-refractivity contribution in [1.29, 1.82) is 0 Å². The lowest BCUT2D eigenvalue weighted by atomic mass is 10.1. The Morgan fingerprint density at radius 1 is 1.22 bits per heavy atom. The average Bonchev–Trinajstić information content (AvgIpc) is 2.81. The van der Waals surface area contributed by atoms with Gasteiger partial charge in [-0.25, -0.2) is 9.18 Å². The molecule has 0 saturated carbocycles. The smallest absolute Gasteiger partial charge is 0.374 e. The fourth-order valence-corrected chi connectivity index (χ4v) is 1.59. The molecule has 0 unspecified atom stereocenters. The molecule has 0 N–H and O–H groups in total. The fourth-order valence-electron chi connectivity index (χ4n) is 1.59. The highest BCUT2D eigenvalue weighted by Gasteiger charge is 2.12. The molecule has 0 aliphatic rings. The number of esters is 1. The molecule has 0 fully saturated rings. The number of benzene rings is 1. The molecule has 1 aromatic carbocycles. The van der Waals surface area contributed by atoms with E-state index in [2.05, 4.69) is 0 Å². The normalized spacial score (nSPS) is 10.3. The number of ether oxygens (including phenoxy) is 1. The number of hydrogen-bond donors (Lipinski definition) is 0. The second kappa shape index (κ2) is 5.49. The third-order valence-electron chi connectivity index (χ3n) is 2.43. The fraction of sp³-hybridized carbons (Fsp3) is 0.214. The van der Waals surface area contributed by atoms with Gasteiger partial charge in [-0.1, -0.05) is 12.1 Å². The van der Waals surface area contributed by atoms with Gasteiger partial charge in [0.1, 0.15) is 11.6 Å². The quantitative estimate of drug-likeness (QED) is 0.780. The Kier molecular flexibility index (Phi) is 3.77. The van der Waals surface area contributed by atoms with Gasteiger partial charge < -0.3 is 9.15 Å². The summed E-state index contributed by atoms with van der Waals surface area (Å²) < 4.78 is 22.9. The van der Waals surface area contributed by atoms with E-state index < -0.39 is 5.97 Å². The molecule has 0 aliphatic carbocycles. The van der Waals surface area contributed by atoms with E-state index in [1.54, 1.807) is 31.2 Å². The first kappa shape index (κ1) is 12.4. The van der Waals surface area contributed by atoms with Crippen molar-refractivity contribution >= 4 is 5.97 Å². The molecule has 0 atom stereocenters. The molecule has 0 aliphatic heterocycles. The first-order chi connectivity index (χ1) is 8.69. The zero-order chi connectivity index (χ0) is 13.0. The molecule has 2 aromatic rings. The Labute approximate surface area is 104 Å². The van der Waals surface area contributed by atoms with Crippen LogP contribution in [0.4, 0.5) is 4.39 Å². The molecular formula is C14H13FO3. The standard InChI is InChI=1S/C14H13FO3/c1-2-17-14(16)13-8-7-12(18-13)9-10-3-5-11(15)6-4-10/h3-8H,2,9H2,1H3. The second-order valence-electron chi connectivity index (χ2n) is 3.79. The maximum Gasteiger partial charge on any atom is 0.374 e. The minimum Gasteiger partial charge on any atom is -0.460 e. The summed E-state index contributed by atoms with van der Waals surface area (Å²) >= 11 is 0. The number of halogens is 1. The van der Waals surface area contributed by atoms with Crippen LogP contribution in [-0.2, 0) is 11.2 Å². The van der Waals surface area contributed by atoms with E-state index in [-0.39, 0.29) is 11.6 Å². The highest BCUT2D eigenvalue weighted by atomic mass is 19.1. The van der Waals surface area contributed by atoms with Crippen LogP contribution in [0.3, 0.4) is 0 Å². The van der Waals surface area contributed by atoms with Crippen LogP contribution >= 0.6 is 0 Å². The van der Waals surface area contributed by atoms with Crippen molar-refractivity contribution in [3.8, 4) is 0 Å². The Morgan fingerprint density at radius 2 is 1.94 bits per heavy atom. The summed E-state index contributed by atoms with van der Waals surface area (Å²) in [6.07, 6.45) is 0.514. The average molecular weight is 248 g/mol. The molecule has 2 rings (SSSR count). The Bertz CT molecular complexity index is 528. The largest absolute Gasteiger partial charge is 0.460 e. The molecule has 0 bridgehead atoms. The summed E-state index contributed by atoms with van der Waals surface area (Å²) in [4.78, 5) is 11.4. The maximum atomic E-state index is 12.7. The predicted octanol–water partition coefficient (Wildman–Crippen LogP) is 3.19. The minimum atomic E-state index is -0.470. The molecular weight excluding hydrogens is 235 g/mol. The zero-order valence-corrected chi connectivity index (χ0v) is 9.98. The van der Waals surface area contributed by atoms with Crippen LogP contribution in [0.25, 0.3) is 0 Å². The summed E-state index contributed by atoms with van der Waals surface area (Å²) in [7, 11) is 0. The monoisotopic (exact) mass is 248 g/mol. The number of carbonyl (C=O) groups excluding carboxylic acids is 1. The molecule has 0 spiro atoms. The van der Waals surface area contributed by atoms with Gasteiger partial charge >= 0.3 is 5.97 Å². The van der Waals surface area contributed by atoms with E-state index in [9.17, 15) is 9.18 Å². The van der Waals surface area contributed by atoms with Crippen LogP contribution in [0.2, 0.25) is 0 Å². The zero-order valence-electron chi connectivity index (χ0n) is 9.98. The van der Waals surface area contributed by atoms with Crippen LogP contribution in [-0.4, -0.2) is 12.6 Å². The Hall–Kier alpha value is -2.10. The molecule has 94 valence electrons.